The molecule has 2 aromatic carbocycles. The number of carbonyl (C=O) groups excluding carboxylic acids is 1. The minimum atomic E-state index is -0.773. The Hall–Kier alpha value is -2.04. The normalized spacial score (nSPS) is 11.8. The SMILES string of the molecule is CCCc1ccc(NC(=O)NCC(O)c2ccc(Cl)cc2)cc1. The minimum absolute atomic E-state index is 0.126. The largest absolute Gasteiger partial charge is 0.387 e. The van der Waals surface area contributed by atoms with Crippen LogP contribution in [0.3, 0.4) is 0 Å². The average molecular weight is 333 g/mol. The van der Waals surface area contributed by atoms with Gasteiger partial charge in [0.1, 0.15) is 0 Å². The molecule has 0 aromatic heterocycles. The predicted molar refractivity (Wildman–Crippen MR) is 93.9 cm³/mol. The maximum Gasteiger partial charge on any atom is 0.319 e. The Kier molecular flexibility index (Phi) is 6.44. The van der Waals surface area contributed by atoms with E-state index in [0.29, 0.717) is 10.6 Å². The van der Waals surface area contributed by atoms with Gasteiger partial charge in [-0.3, -0.25) is 0 Å². The molecule has 2 aromatic rings. The molecule has 0 aliphatic rings. The Morgan fingerprint density at radius 3 is 2.39 bits per heavy atom. The first-order valence-electron chi connectivity index (χ1n) is 7.66. The third kappa shape index (κ3) is 5.58. The van der Waals surface area contributed by atoms with E-state index in [1.807, 2.05) is 24.3 Å². The quantitative estimate of drug-likeness (QED) is 0.744. The van der Waals surface area contributed by atoms with Gasteiger partial charge in [0.05, 0.1) is 6.10 Å². The average Bonchev–Trinajstić information content (AvgIpc) is 2.55. The lowest BCUT2D eigenvalue weighted by Crippen LogP contribution is -2.32. The number of benzene rings is 2. The number of rotatable bonds is 6. The lowest BCUT2D eigenvalue weighted by Gasteiger charge is -2.13. The number of hydrogen-bond acceptors (Lipinski definition) is 2. The molecule has 0 saturated carbocycles. The first-order chi connectivity index (χ1) is 11.1. The number of anilines is 1. The second-order valence-electron chi connectivity index (χ2n) is 5.35. The molecular weight excluding hydrogens is 312 g/mol. The Balaban J connectivity index is 1.81. The van der Waals surface area contributed by atoms with Crippen molar-refractivity contribution in [3.05, 3.63) is 64.7 Å². The van der Waals surface area contributed by atoms with E-state index >= 15 is 0 Å². The van der Waals surface area contributed by atoms with E-state index in [0.717, 1.165) is 18.5 Å². The van der Waals surface area contributed by atoms with Gasteiger partial charge in [0, 0.05) is 17.3 Å². The molecule has 0 aliphatic heterocycles. The first kappa shape index (κ1) is 17.3. The molecule has 0 saturated heterocycles. The minimum Gasteiger partial charge on any atom is -0.387 e. The monoisotopic (exact) mass is 332 g/mol. The highest BCUT2D eigenvalue weighted by atomic mass is 35.5. The summed E-state index contributed by atoms with van der Waals surface area (Å²) in [4.78, 5) is 11.9. The molecule has 0 spiro atoms. The van der Waals surface area contributed by atoms with Crippen LogP contribution in [0, 0.1) is 0 Å². The third-order valence-corrected chi connectivity index (χ3v) is 3.71. The van der Waals surface area contributed by atoms with E-state index in [2.05, 4.69) is 17.6 Å². The number of nitrogens with one attached hydrogen (secondary N) is 2. The summed E-state index contributed by atoms with van der Waals surface area (Å²) in [6.45, 7) is 2.26. The van der Waals surface area contributed by atoms with Crippen molar-refractivity contribution >= 4 is 23.3 Å². The molecule has 0 bridgehead atoms. The van der Waals surface area contributed by atoms with Gasteiger partial charge in [-0.2, -0.15) is 0 Å². The Bertz CT molecular complexity index is 626. The summed E-state index contributed by atoms with van der Waals surface area (Å²) in [6.07, 6.45) is 1.35. The maximum atomic E-state index is 11.9. The van der Waals surface area contributed by atoms with Crippen molar-refractivity contribution in [3.8, 4) is 0 Å². The van der Waals surface area contributed by atoms with E-state index in [4.69, 9.17) is 11.6 Å². The number of urea groups is 1. The number of amides is 2. The van der Waals surface area contributed by atoms with Gasteiger partial charge in [0.15, 0.2) is 0 Å². The van der Waals surface area contributed by atoms with Crippen LogP contribution < -0.4 is 10.6 Å². The van der Waals surface area contributed by atoms with Crippen LogP contribution in [0.25, 0.3) is 0 Å². The topological polar surface area (TPSA) is 61.4 Å². The Labute approximate surface area is 141 Å². The lowest BCUT2D eigenvalue weighted by molar-refractivity contribution is 0.175. The number of aliphatic hydroxyl groups excluding tert-OH is 1. The zero-order valence-electron chi connectivity index (χ0n) is 13.1. The molecule has 23 heavy (non-hydrogen) atoms. The summed E-state index contributed by atoms with van der Waals surface area (Å²) >= 11 is 5.80. The fraction of sp³-hybridized carbons (Fsp3) is 0.278. The maximum absolute atomic E-state index is 11.9. The lowest BCUT2D eigenvalue weighted by atomic mass is 10.1. The van der Waals surface area contributed by atoms with Crippen LogP contribution >= 0.6 is 11.6 Å². The third-order valence-electron chi connectivity index (χ3n) is 3.46. The van der Waals surface area contributed by atoms with E-state index in [-0.39, 0.29) is 12.6 Å². The van der Waals surface area contributed by atoms with Gasteiger partial charge in [-0.25, -0.2) is 4.79 Å². The first-order valence-corrected chi connectivity index (χ1v) is 8.03. The highest BCUT2D eigenvalue weighted by Crippen LogP contribution is 2.16. The number of carbonyl (C=O) groups is 1. The van der Waals surface area contributed by atoms with Crippen LogP contribution in [0.5, 0.6) is 0 Å². The molecule has 1 unspecified atom stereocenters. The molecule has 122 valence electrons. The molecule has 0 fully saturated rings. The van der Waals surface area contributed by atoms with Crippen LogP contribution in [-0.2, 0) is 6.42 Å². The Morgan fingerprint density at radius 2 is 1.78 bits per heavy atom. The van der Waals surface area contributed by atoms with Crippen LogP contribution in [0.2, 0.25) is 5.02 Å². The molecule has 0 heterocycles. The zero-order chi connectivity index (χ0) is 16.7. The molecule has 4 nitrogen and oxygen atoms in total. The van der Waals surface area contributed by atoms with Crippen LogP contribution in [0.1, 0.15) is 30.6 Å². The van der Waals surface area contributed by atoms with Gasteiger partial charge in [0.2, 0.25) is 0 Å². The van der Waals surface area contributed by atoms with Gasteiger partial charge >= 0.3 is 6.03 Å². The predicted octanol–water partition coefficient (Wildman–Crippen LogP) is 4.15. The number of aryl methyl sites for hydroxylation is 1. The van der Waals surface area contributed by atoms with E-state index < -0.39 is 6.10 Å². The Morgan fingerprint density at radius 1 is 1.13 bits per heavy atom. The molecule has 5 heteroatoms. The van der Waals surface area contributed by atoms with Crippen LogP contribution in [-0.4, -0.2) is 17.7 Å². The number of aliphatic hydroxyl groups is 1. The standard InChI is InChI=1S/C18H21ClN2O2/c1-2-3-13-4-10-16(11-5-13)21-18(23)20-12-17(22)14-6-8-15(19)9-7-14/h4-11,17,22H,2-3,12H2,1H3,(H2,20,21,23). The highest BCUT2D eigenvalue weighted by Gasteiger charge is 2.09. The van der Waals surface area contributed by atoms with Crippen molar-refractivity contribution in [2.45, 2.75) is 25.9 Å². The second-order valence-corrected chi connectivity index (χ2v) is 5.79. The fourth-order valence-corrected chi connectivity index (χ4v) is 2.34. The smallest absolute Gasteiger partial charge is 0.319 e. The van der Waals surface area contributed by atoms with Gasteiger partial charge in [-0.05, 0) is 41.8 Å². The number of hydrogen-bond donors (Lipinski definition) is 3. The second kappa shape index (κ2) is 8.56. The summed E-state index contributed by atoms with van der Waals surface area (Å²) in [7, 11) is 0. The summed E-state index contributed by atoms with van der Waals surface area (Å²) < 4.78 is 0. The van der Waals surface area contributed by atoms with Gasteiger partial charge in [-0.1, -0.05) is 49.2 Å². The molecule has 0 radical (unpaired) electrons. The van der Waals surface area contributed by atoms with E-state index in [1.165, 1.54) is 5.56 Å². The molecule has 2 rings (SSSR count). The summed E-state index contributed by atoms with van der Waals surface area (Å²) in [5, 5.41) is 16.0. The molecule has 0 aliphatic carbocycles. The molecular formula is C18H21ClN2O2. The summed E-state index contributed by atoms with van der Waals surface area (Å²) in [5.41, 5.74) is 2.68. The van der Waals surface area contributed by atoms with Gasteiger partial charge < -0.3 is 15.7 Å². The van der Waals surface area contributed by atoms with Crippen molar-refractivity contribution < 1.29 is 9.90 Å². The van der Waals surface area contributed by atoms with E-state index in [9.17, 15) is 9.90 Å². The molecule has 1 atom stereocenters. The van der Waals surface area contributed by atoms with Crippen LogP contribution in [0.4, 0.5) is 10.5 Å². The molecule has 2 amide bonds. The van der Waals surface area contributed by atoms with Crippen LogP contribution in [0.15, 0.2) is 48.5 Å². The fourth-order valence-electron chi connectivity index (χ4n) is 2.21. The summed E-state index contributed by atoms with van der Waals surface area (Å²) in [6, 6.07) is 14.3. The number of halogens is 1. The van der Waals surface area contributed by atoms with Crippen molar-refractivity contribution in [2.24, 2.45) is 0 Å². The molecule has 3 N–H and O–H groups in total. The highest BCUT2D eigenvalue weighted by molar-refractivity contribution is 6.30. The van der Waals surface area contributed by atoms with Gasteiger partial charge in [-0.15, -0.1) is 0 Å². The zero-order valence-corrected chi connectivity index (χ0v) is 13.8. The van der Waals surface area contributed by atoms with Gasteiger partial charge in [0.25, 0.3) is 0 Å². The van der Waals surface area contributed by atoms with Crippen molar-refractivity contribution in [1.82, 2.24) is 5.32 Å². The van der Waals surface area contributed by atoms with Crippen molar-refractivity contribution in [2.75, 3.05) is 11.9 Å². The van der Waals surface area contributed by atoms with Crippen molar-refractivity contribution in [1.29, 1.82) is 0 Å². The van der Waals surface area contributed by atoms with Crippen molar-refractivity contribution in [3.63, 3.8) is 0 Å². The van der Waals surface area contributed by atoms with E-state index in [1.54, 1.807) is 24.3 Å². The summed E-state index contributed by atoms with van der Waals surface area (Å²) in [5.74, 6) is 0.